The van der Waals surface area contributed by atoms with Gasteiger partial charge in [-0.05, 0) is 37.5 Å². The zero-order chi connectivity index (χ0) is 15.2. The van der Waals surface area contributed by atoms with Crippen LogP contribution in [-0.2, 0) is 20.7 Å². The smallest absolute Gasteiger partial charge is 0.311 e. The van der Waals surface area contributed by atoms with E-state index < -0.39 is 17.9 Å². The molecule has 5 heteroatoms. The molecule has 1 aromatic carbocycles. The van der Waals surface area contributed by atoms with Crippen molar-refractivity contribution >= 4 is 11.9 Å². The van der Waals surface area contributed by atoms with Gasteiger partial charge in [-0.15, -0.1) is 0 Å². The Labute approximate surface area is 123 Å². The highest BCUT2D eigenvalue weighted by Crippen LogP contribution is 2.17. The minimum Gasteiger partial charge on any atom is -0.452 e. The number of carbonyl (C=O) groups excluding carboxylic acids is 2. The molecule has 1 saturated carbocycles. The lowest BCUT2D eigenvalue weighted by molar-refractivity contribution is -0.154. The zero-order valence-electron chi connectivity index (χ0n) is 12.1. The predicted molar refractivity (Wildman–Crippen MR) is 76.1 cm³/mol. The number of hydrogen-bond donors (Lipinski definition) is 1. The van der Waals surface area contributed by atoms with E-state index in [9.17, 15) is 14.0 Å². The van der Waals surface area contributed by atoms with Gasteiger partial charge in [-0.1, -0.05) is 25.0 Å². The van der Waals surface area contributed by atoms with E-state index in [1.165, 1.54) is 18.2 Å². The minimum absolute atomic E-state index is 0.0428. The standard InChI is InChI=1S/C16H20FNO3/c1-11(16(20)18-14-7-2-3-8-14)21-15(19)10-12-5-4-6-13(17)9-12/h4-6,9,11,14H,2-3,7-8,10H2,1H3,(H,18,20)/t11-/m0/s1. The quantitative estimate of drug-likeness (QED) is 0.848. The molecule has 0 aromatic heterocycles. The molecule has 0 unspecified atom stereocenters. The SMILES string of the molecule is C[C@H](OC(=O)Cc1cccc(F)c1)C(=O)NC1CCCC1. The second kappa shape index (κ2) is 7.20. The normalized spacial score (nSPS) is 16.5. The lowest BCUT2D eigenvalue weighted by Crippen LogP contribution is -2.41. The van der Waals surface area contributed by atoms with Crippen LogP contribution in [0, 0.1) is 5.82 Å². The van der Waals surface area contributed by atoms with Crippen molar-refractivity contribution in [1.82, 2.24) is 5.32 Å². The molecule has 1 fully saturated rings. The molecule has 4 nitrogen and oxygen atoms in total. The molecule has 1 aliphatic carbocycles. The first-order valence-corrected chi connectivity index (χ1v) is 7.29. The Balaban J connectivity index is 1.79. The summed E-state index contributed by atoms with van der Waals surface area (Å²) in [7, 11) is 0. The van der Waals surface area contributed by atoms with Gasteiger partial charge >= 0.3 is 5.97 Å². The number of esters is 1. The Hall–Kier alpha value is -1.91. The summed E-state index contributed by atoms with van der Waals surface area (Å²) >= 11 is 0. The summed E-state index contributed by atoms with van der Waals surface area (Å²) in [4.78, 5) is 23.6. The van der Waals surface area contributed by atoms with Gasteiger partial charge in [-0.3, -0.25) is 9.59 Å². The summed E-state index contributed by atoms with van der Waals surface area (Å²) in [6.07, 6.45) is 3.34. The third kappa shape index (κ3) is 4.85. The van der Waals surface area contributed by atoms with Crippen LogP contribution in [0.3, 0.4) is 0 Å². The number of nitrogens with one attached hydrogen (secondary N) is 1. The fourth-order valence-electron chi connectivity index (χ4n) is 2.49. The van der Waals surface area contributed by atoms with E-state index in [1.54, 1.807) is 13.0 Å². The monoisotopic (exact) mass is 293 g/mol. The Kier molecular flexibility index (Phi) is 5.31. The lowest BCUT2D eigenvalue weighted by Gasteiger charge is -2.17. The second-order valence-corrected chi connectivity index (χ2v) is 5.43. The topological polar surface area (TPSA) is 55.4 Å². The molecule has 21 heavy (non-hydrogen) atoms. The molecule has 1 aliphatic rings. The number of halogens is 1. The largest absolute Gasteiger partial charge is 0.452 e. The van der Waals surface area contributed by atoms with Crippen LogP contribution in [0.1, 0.15) is 38.2 Å². The van der Waals surface area contributed by atoms with Crippen LogP contribution < -0.4 is 5.32 Å². The number of ether oxygens (including phenoxy) is 1. The van der Waals surface area contributed by atoms with Crippen molar-refractivity contribution in [1.29, 1.82) is 0 Å². The van der Waals surface area contributed by atoms with Gasteiger partial charge in [0.05, 0.1) is 6.42 Å². The highest BCUT2D eigenvalue weighted by atomic mass is 19.1. The molecule has 2 rings (SSSR count). The van der Waals surface area contributed by atoms with Crippen molar-refractivity contribution in [3.8, 4) is 0 Å². The van der Waals surface area contributed by atoms with Gasteiger partial charge in [0.25, 0.3) is 5.91 Å². The fraction of sp³-hybridized carbons (Fsp3) is 0.500. The van der Waals surface area contributed by atoms with Gasteiger partial charge in [0, 0.05) is 6.04 Å². The molecule has 0 saturated heterocycles. The first-order valence-electron chi connectivity index (χ1n) is 7.29. The predicted octanol–water partition coefficient (Wildman–Crippen LogP) is 2.36. The van der Waals surface area contributed by atoms with Crippen LogP contribution in [0.2, 0.25) is 0 Å². The van der Waals surface area contributed by atoms with Crippen molar-refractivity contribution in [3.05, 3.63) is 35.6 Å². The average molecular weight is 293 g/mol. The number of amides is 1. The van der Waals surface area contributed by atoms with E-state index in [4.69, 9.17) is 4.74 Å². The minimum atomic E-state index is -0.827. The van der Waals surface area contributed by atoms with Crippen molar-refractivity contribution in [2.45, 2.75) is 51.2 Å². The molecular formula is C16H20FNO3. The molecule has 0 heterocycles. The molecule has 1 atom stereocenters. The van der Waals surface area contributed by atoms with Crippen LogP contribution in [0.5, 0.6) is 0 Å². The molecule has 1 N–H and O–H groups in total. The van der Waals surface area contributed by atoms with Crippen LogP contribution in [-0.4, -0.2) is 24.0 Å². The van der Waals surface area contributed by atoms with Crippen LogP contribution in [0.15, 0.2) is 24.3 Å². The molecule has 114 valence electrons. The maximum atomic E-state index is 13.0. The number of benzene rings is 1. The number of hydrogen-bond acceptors (Lipinski definition) is 3. The first kappa shape index (κ1) is 15.5. The van der Waals surface area contributed by atoms with E-state index in [2.05, 4.69) is 5.32 Å². The Morgan fingerprint density at radius 2 is 2.10 bits per heavy atom. The highest BCUT2D eigenvalue weighted by Gasteiger charge is 2.23. The van der Waals surface area contributed by atoms with Crippen LogP contribution in [0.4, 0.5) is 4.39 Å². The van der Waals surface area contributed by atoms with Crippen molar-refractivity contribution in [2.75, 3.05) is 0 Å². The van der Waals surface area contributed by atoms with Gasteiger partial charge in [-0.2, -0.15) is 0 Å². The summed E-state index contributed by atoms with van der Waals surface area (Å²) in [5, 5.41) is 2.88. The second-order valence-electron chi connectivity index (χ2n) is 5.43. The zero-order valence-corrected chi connectivity index (χ0v) is 12.1. The van der Waals surface area contributed by atoms with Gasteiger partial charge in [0.2, 0.25) is 0 Å². The summed E-state index contributed by atoms with van der Waals surface area (Å²) in [6, 6.07) is 5.97. The molecular weight excluding hydrogens is 273 g/mol. The first-order chi connectivity index (χ1) is 10.0. The lowest BCUT2D eigenvalue weighted by atomic mass is 10.1. The molecule has 0 spiro atoms. The number of rotatable bonds is 5. The summed E-state index contributed by atoms with van der Waals surface area (Å²) < 4.78 is 18.1. The van der Waals surface area contributed by atoms with E-state index in [0.717, 1.165) is 25.7 Å². The molecule has 1 aromatic rings. The third-order valence-corrected chi connectivity index (χ3v) is 3.62. The van der Waals surface area contributed by atoms with Gasteiger partial charge in [-0.25, -0.2) is 4.39 Å². The Bertz CT molecular complexity index is 512. The summed E-state index contributed by atoms with van der Waals surface area (Å²) in [5.74, 6) is -1.20. The molecule has 0 bridgehead atoms. The van der Waals surface area contributed by atoms with E-state index in [1.807, 2.05) is 0 Å². The van der Waals surface area contributed by atoms with E-state index in [0.29, 0.717) is 5.56 Å². The summed E-state index contributed by atoms with van der Waals surface area (Å²) in [6.45, 7) is 1.55. The van der Waals surface area contributed by atoms with Crippen molar-refractivity contribution in [3.63, 3.8) is 0 Å². The van der Waals surface area contributed by atoms with E-state index in [-0.39, 0.29) is 18.4 Å². The van der Waals surface area contributed by atoms with Gasteiger partial charge in [0.1, 0.15) is 5.82 Å². The molecule has 1 amide bonds. The highest BCUT2D eigenvalue weighted by molar-refractivity contribution is 5.84. The van der Waals surface area contributed by atoms with Crippen molar-refractivity contribution < 1.29 is 18.7 Å². The molecule has 0 radical (unpaired) electrons. The average Bonchev–Trinajstić information content (AvgIpc) is 2.91. The Morgan fingerprint density at radius 3 is 2.76 bits per heavy atom. The van der Waals surface area contributed by atoms with Gasteiger partial charge in [0.15, 0.2) is 6.10 Å². The van der Waals surface area contributed by atoms with Gasteiger partial charge < -0.3 is 10.1 Å². The molecule has 0 aliphatic heterocycles. The fourth-order valence-corrected chi connectivity index (χ4v) is 2.49. The van der Waals surface area contributed by atoms with Crippen LogP contribution >= 0.6 is 0 Å². The number of carbonyl (C=O) groups is 2. The maximum Gasteiger partial charge on any atom is 0.311 e. The van der Waals surface area contributed by atoms with Crippen molar-refractivity contribution in [2.24, 2.45) is 0 Å². The maximum absolute atomic E-state index is 13.0. The van der Waals surface area contributed by atoms with E-state index >= 15 is 0 Å². The third-order valence-electron chi connectivity index (χ3n) is 3.62. The Morgan fingerprint density at radius 1 is 1.38 bits per heavy atom. The van der Waals surface area contributed by atoms with Crippen LogP contribution in [0.25, 0.3) is 0 Å². The summed E-state index contributed by atoms with van der Waals surface area (Å²) in [5.41, 5.74) is 0.531.